The zero-order chi connectivity index (χ0) is 22.1. The summed E-state index contributed by atoms with van der Waals surface area (Å²) in [5, 5.41) is 8.29. The first-order valence-corrected chi connectivity index (χ1v) is 10.8. The Bertz CT molecular complexity index is 1240. The summed E-state index contributed by atoms with van der Waals surface area (Å²) < 4.78 is 12.8. The van der Waals surface area contributed by atoms with Crippen LogP contribution in [-0.2, 0) is 4.74 Å². The molecule has 164 valence electrons. The second-order valence-electron chi connectivity index (χ2n) is 8.02. The van der Waals surface area contributed by atoms with Crippen LogP contribution in [-0.4, -0.2) is 47.0 Å². The largest absolute Gasteiger partial charge is 0.463 e. The number of anilines is 2. The van der Waals surface area contributed by atoms with Gasteiger partial charge in [0.2, 0.25) is 0 Å². The van der Waals surface area contributed by atoms with E-state index in [-0.39, 0.29) is 11.9 Å². The minimum atomic E-state index is -0.214. The van der Waals surface area contributed by atoms with E-state index in [0.29, 0.717) is 41.3 Å². The molecule has 5 rings (SSSR count). The molecular formula is C24H25N5O3. The third-order valence-corrected chi connectivity index (χ3v) is 5.58. The van der Waals surface area contributed by atoms with Gasteiger partial charge in [-0.3, -0.25) is 4.79 Å². The first-order chi connectivity index (χ1) is 15.6. The highest BCUT2D eigenvalue weighted by molar-refractivity contribution is 6.13. The maximum Gasteiger partial charge on any atom is 0.256 e. The van der Waals surface area contributed by atoms with E-state index in [2.05, 4.69) is 15.3 Å². The maximum absolute atomic E-state index is 13.5. The molecule has 1 aromatic carbocycles. The number of morpholine rings is 1. The number of nitrogens with one attached hydrogen (secondary N) is 1. The molecule has 1 saturated heterocycles. The highest BCUT2D eigenvalue weighted by atomic mass is 16.5. The van der Waals surface area contributed by atoms with Crippen molar-refractivity contribution >= 4 is 28.3 Å². The van der Waals surface area contributed by atoms with Gasteiger partial charge in [0.1, 0.15) is 5.69 Å². The molecule has 1 aliphatic rings. The Morgan fingerprint density at radius 3 is 2.69 bits per heavy atom. The average molecular weight is 431 g/mol. The Labute approximate surface area is 185 Å². The molecule has 0 aliphatic carbocycles. The fraction of sp³-hybridized carbons (Fsp3) is 0.292. The topological polar surface area (TPSA) is 85.4 Å². The smallest absolute Gasteiger partial charge is 0.256 e. The minimum Gasteiger partial charge on any atom is -0.463 e. The zero-order valence-electron chi connectivity index (χ0n) is 18.1. The Balaban J connectivity index is 1.56. The number of nitrogens with zero attached hydrogens (tertiary/aromatic N) is 4. The number of pyridine rings is 1. The Morgan fingerprint density at radius 1 is 1.12 bits per heavy atom. The van der Waals surface area contributed by atoms with Crippen LogP contribution in [0.4, 0.5) is 11.4 Å². The molecule has 32 heavy (non-hydrogen) atoms. The highest BCUT2D eigenvalue weighted by Crippen LogP contribution is 2.30. The summed E-state index contributed by atoms with van der Waals surface area (Å²) in [6.07, 6.45) is 3.30. The van der Waals surface area contributed by atoms with Crippen LogP contribution in [0.5, 0.6) is 0 Å². The quantitative estimate of drug-likeness (QED) is 0.505. The summed E-state index contributed by atoms with van der Waals surface area (Å²) in [6, 6.07) is 13.4. The van der Waals surface area contributed by atoms with Gasteiger partial charge < -0.3 is 19.4 Å². The van der Waals surface area contributed by atoms with Gasteiger partial charge in [-0.15, -0.1) is 0 Å². The van der Waals surface area contributed by atoms with E-state index < -0.39 is 0 Å². The lowest BCUT2D eigenvalue weighted by Crippen LogP contribution is -2.36. The van der Waals surface area contributed by atoms with E-state index in [1.807, 2.05) is 48.9 Å². The van der Waals surface area contributed by atoms with Gasteiger partial charge in [-0.2, -0.15) is 5.10 Å². The number of carbonyl (C=O) groups excluding carboxylic acids is 1. The average Bonchev–Trinajstić information content (AvgIpc) is 3.49. The van der Waals surface area contributed by atoms with Crippen LogP contribution >= 0.6 is 0 Å². The van der Waals surface area contributed by atoms with E-state index in [4.69, 9.17) is 14.1 Å². The first-order valence-electron chi connectivity index (χ1n) is 10.8. The molecule has 4 heterocycles. The number of para-hydroxylation sites is 2. The molecular weight excluding hydrogens is 406 g/mol. The van der Waals surface area contributed by atoms with Gasteiger partial charge in [0, 0.05) is 19.1 Å². The lowest BCUT2D eigenvalue weighted by Gasteiger charge is -2.30. The molecule has 0 radical (unpaired) electrons. The van der Waals surface area contributed by atoms with Crippen molar-refractivity contribution in [2.75, 3.05) is 36.5 Å². The molecule has 1 N–H and O–H groups in total. The van der Waals surface area contributed by atoms with Gasteiger partial charge >= 0.3 is 0 Å². The van der Waals surface area contributed by atoms with Crippen molar-refractivity contribution in [2.24, 2.45) is 0 Å². The lowest BCUT2D eigenvalue weighted by atomic mass is 10.1. The molecule has 1 amide bonds. The third kappa shape index (κ3) is 3.73. The lowest BCUT2D eigenvalue weighted by molar-refractivity contribution is 0.102. The molecule has 1 aliphatic heterocycles. The number of furan rings is 1. The summed E-state index contributed by atoms with van der Waals surface area (Å²) in [5.41, 5.74) is 3.50. The van der Waals surface area contributed by atoms with Crippen LogP contribution in [0, 0.1) is 0 Å². The summed E-state index contributed by atoms with van der Waals surface area (Å²) >= 11 is 0. The van der Waals surface area contributed by atoms with Gasteiger partial charge in [0.15, 0.2) is 11.4 Å². The second-order valence-corrected chi connectivity index (χ2v) is 8.02. The normalized spacial score (nSPS) is 14.3. The number of carbonyl (C=O) groups is 1. The van der Waals surface area contributed by atoms with Crippen molar-refractivity contribution in [3.05, 3.63) is 60.5 Å². The standard InChI is InChI=1S/C24H25N5O3/c1-16(2)29-23-18(15-25-29)17(14-20(26-23)22-8-5-11-32-22)24(30)27-19-6-3-4-7-21(19)28-9-12-31-13-10-28/h3-8,11,14-16H,9-10,12-13H2,1-2H3,(H,27,30). The van der Waals surface area contributed by atoms with Gasteiger partial charge in [-0.05, 0) is 44.2 Å². The number of hydrogen-bond donors (Lipinski definition) is 1. The van der Waals surface area contributed by atoms with Gasteiger partial charge in [0.25, 0.3) is 5.91 Å². The van der Waals surface area contributed by atoms with E-state index in [0.717, 1.165) is 24.5 Å². The number of fused-ring (bicyclic) bond motifs is 1. The van der Waals surface area contributed by atoms with E-state index in [1.165, 1.54) is 0 Å². The maximum atomic E-state index is 13.5. The molecule has 0 atom stereocenters. The predicted octanol–water partition coefficient (Wildman–Crippen LogP) is 4.36. The van der Waals surface area contributed by atoms with Crippen molar-refractivity contribution in [3.8, 4) is 11.5 Å². The molecule has 8 heteroatoms. The fourth-order valence-corrected chi connectivity index (χ4v) is 3.98. The van der Waals surface area contributed by atoms with Crippen LogP contribution in [0.15, 0.2) is 59.3 Å². The molecule has 0 saturated carbocycles. The number of amides is 1. The second kappa shape index (κ2) is 8.47. The van der Waals surface area contributed by atoms with Gasteiger partial charge in [0.05, 0.1) is 48.0 Å². The predicted molar refractivity (Wildman–Crippen MR) is 123 cm³/mol. The Hall–Kier alpha value is -3.65. The molecule has 0 unspecified atom stereocenters. The summed E-state index contributed by atoms with van der Waals surface area (Å²) in [7, 11) is 0. The molecule has 0 bridgehead atoms. The van der Waals surface area contributed by atoms with Crippen molar-refractivity contribution < 1.29 is 13.9 Å². The minimum absolute atomic E-state index is 0.102. The molecule has 8 nitrogen and oxygen atoms in total. The Kier molecular flexibility index (Phi) is 5.36. The number of aromatic nitrogens is 3. The van der Waals surface area contributed by atoms with Gasteiger partial charge in [-0.25, -0.2) is 9.67 Å². The SMILES string of the molecule is CC(C)n1ncc2c(C(=O)Nc3ccccc3N3CCOCC3)cc(-c3ccco3)nc21. The number of ether oxygens (including phenoxy) is 1. The van der Waals surface area contributed by atoms with E-state index >= 15 is 0 Å². The monoisotopic (exact) mass is 431 g/mol. The molecule has 0 spiro atoms. The summed E-state index contributed by atoms with van der Waals surface area (Å²) in [4.78, 5) is 20.5. The third-order valence-electron chi connectivity index (χ3n) is 5.58. The van der Waals surface area contributed by atoms with Crippen LogP contribution in [0.25, 0.3) is 22.5 Å². The highest BCUT2D eigenvalue weighted by Gasteiger charge is 2.21. The summed E-state index contributed by atoms with van der Waals surface area (Å²) in [6.45, 7) is 6.99. The van der Waals surface area contributed by atoms with Crippen LogP contribution < -0.4 is 10.2 Å². The first kappa shape index (κ1) is 20.3. The van der Waals surface area contributed by atoms with Crippen LogP contribution in [0.2, 0.25) is 0 Å². The van der Waals surface area contributed by atoms with Crippen molar-refractivity contribution in [1.29, 1.82) is 0 Å². The summed E-state index contributed by atoms with van der Waals surface area (Å²) in [5.74, 6) is 0.389. The fourth-order valence-electron chi connectivity index (χ4n) is 3.98. The van der Waals surface area contributed by atoms with Crippen molar-refractivity contribution in [1.82, 2.24) is 14.8 Å². The Morgan fingerprint density at radius 2 is 1.94 bits per heavy atom. The number of benzene rings is 1. The molecule has 1 fully saturated rings. The van der Waals surface area contributed by atoms with Gasteiger partial charge in [-0.1, -0.05) is 12.1 Å². The van der Waals surface area contributed by atoms with Crippen molar-refractivity contribution in [2.45, 2.75) is 19.9 Å². The van der Waals surface area contributed by atoms with Crippen LogP contribution in [0.1, 0.15) is 30.2 Å². The number of rotatable bonds is 5. The van der Waals surface area contributed by atoms with Crippen LogP contribution in [0.3, 0.4) is 0 Å². The van der Waals surface area contributed by atoms with Crippen molar-refractivity contribution in [3.63, 3.8) is 0 Å². The molecule has 3 aromatic heterocycles. The molecule has 4 aromatic rings. The van der Waals surface area contributed by atoms with E-state index in [9.17, 15) is 4.79 Å². The zero-order valence-corrected chi connectivity index (χ0v) is 18.1. The number of hydrogen-bond acceptors (Lipinski definition) is 6. The van der Waals surface area contributed by atoms with E-state index in [1.54, 1.807) is 24.6 Å².